The molecule has 2 aliphatic rings. The highest BCUT2D eigenvalue weighted by Crippen LogP contribution is 2.49. The Kier molecular flexibility index (Phi) is 4.08. The quantitative estimate of drug-likeness (QED) is 0.851. The number of hydrogen-bond acceptors (Lipinski definition) is 3. The summed E-state index contributed by atoms with van der Waals surface area (Å²) in [5.41, 5.74) is -0.322. The molecule has 2 unspecified atom stereocenters. The number of carbonyl (C=O) groups is 1. The molecule has 2 fully saturated rings. The summed E-state index contributed by atoms with van der Waals surface area (Å²) in [7, 11) is 0. The van der Waals surface area contributed by atoms with E-state index < -0.39 is 5.60 Å². The van der Waals surface area contributed by atoms with Crippen LogP contribution in [-0.4, -0.2) is 40.0 Å². The first-order valence-electron chi connectivity index (χ1n) is 7.71. The van der Waals surface area contributed by atoms with Crippen molar-refractivity contribution < 1.29 is 9.90 Å². The van der Waals surface area contributed by atoms with E-state index in [1.807, 2.05) is 6.92 Å². The summed E-state index contributed by atoms with van der Waals surface area (Å²) in [5, 5.41) is 10.3. The number of fused-ring (bicyclic) bond motifs is 2. The summed E-state index contributed by atoms with van der Waals surface area (Å²) in [4.78, 5) is 13.8. The van der Waals surface area contributed by atoms with E-state index in [1.54, 1.807) is 6.92 Å². The molecule has 0 spiro atoms. The third kappa shape index (κ3) is 3.38. The molecule has 2 atom stereocenters. The Hall–Kier alpha value is -0.410. The van der Waals surface area contributed by atoms with Crippen molar-refractivity contribution in [2.75, 3.05) is 13.1 Å². The number of hydrogen-bond donors (Lipinski definition) is 1. The summed E-state index contributed by atoms with van der Waals surface area (Å²) in [6.07, 6.45) is 5.37. The molecule has 0 aromatic carbocycles. The average molecular weight is 267 g/mol. The molecule has 0 aromatic heterocycles. The van der Waals surface area contributed by atoms with Gasteiger partial charge in [-0.1, -0.05) is 6.92 Å². The van der Waals surface area contributed by atoms with Gasteiger partial charge in [0.05, 0.1) is 12.1 Å². The van der Waals surface area contributed by atoms with Crippen molar-refractivity contribution in [1.82, 2.24) is 4.90 Å². The Bertz CT molecular complexity index is 335. The summed E-state index contributed by atoms with van der Waals surface area (Å²) in [6.45, 7) is 9.64. The lowest BCUT2D eigenvalue weighted by Gasteiger charge is -2.53. The number of likely N-dealkylation sites (N-methyl/N-ethyl adjacent to an activating group) is 1. The zero-order valence-corrected chi connectivity index (χ0v) is 12.9. The Morgan fingerprint density at radius 1 is 1.21 bits per heavy atom. The fourth-order valence-electron chi connectivity index (χ4n) is 4.81. The van der Waals surface area contributed by atoms with Crippen molar-refractivity contribution >= 4 is 5.78 Å². The largest absolute Gasteiger partial charge is 0.390 e. The Morgan fingerprint density at radius 3 is 2.16 bits per heavy atom. The summed E-state index contributed by atoms with van der Waals surface area (Å²) in [5.74, 6) is 1.49. The molecule has 2 aliphatic carbocycles. The number of carbonyl (C=O) groups excluding carboxylic acids is 1. The third-order valence-corrected chi connectivity index (χ3v) is 5.14. The Morgan fingerprint density at radius 2 is 1.74 bits per heavy atom. The lowest BCUT2D eigenvalue weighted by Crippen LogP contribution is -2.55. The van der Waals surface area contributed by atoms with Crippen LogP contribution in [0.5, 0.6) is 0 Å². The smallest absolute Gasteiger partial charge is 0.143 e. The number of Topliss-reactive ketones (excluding diaryl/α,β-unsaturated/α-hetero) is 1. The fraction of sp³-hybridized carbons (Fsp3) is 0.938. The highest BCUT2D eigenvalue weighted by molar-refractivity contribution is 5.77. The van der Waals surface area contributed by atoms with E-state index >= 15 is 0 Å². The van der Waals surface area contributed by atoms with Crippen molar-refractivity contribution in [3.05, 3.63) is 0 Å². The monoisotopic (exact) mass is 267 g/mol. The van der Waals surface area contributed by atoms with Gasteiger partial charge in [-0.15, -0.1) is 0 Å². The minimum atomic E-state index is -0.466. The molecule has 3 heteroatoms. The molecule has 2 bridgehead atoms. The van der Waals surface area contributed by atoms with E-state index in [4.69, 9.17) is 0 Å². The second kappa shape index (κ2) is 5.17. The van der Waals surface area contributed by atoms with Gasteiger partial charge >= 0.3 is 0 Å². The minimum Gasteiger partial charge on any atom is -0.390 e. The first kappa shape index (κ1) is 15.0. The molecule has 0 radical (unpaired) electrons. The third-order valence-electron chi connectivity index (χ3n) is 5.14. The summed E-state index contributed by atoms with van der Waals surface area (Å²) >= 11 is 0. The van der Waals surface area contributed by atoms with Crippen LogP contribution in [0.2, 0.25) is 0 Å². The predicted octanol–water partition coefficient (Wildman–Crippen LogP) is 2.62. The van der Waals surface area contributed by atoms with Crippen LogP contribution < -0.4 is 0 Å². The van der Waals surface area contributed by atoms with Gasteiger partial charge in [-0.3, -0.25) is 9.69 Å². The summed E-state index contributed by atoms with van der Waals surface area (Å²) < 4.78 is 0. The molecule has 0 saturated heterocycles. The average Bonchev–Trinajstić information content (AvgIpc) is 2.21. The van der Waals surface area contributed by atoms with E-state index in [2.05, 4.69) is 18.7 Å². The maximum absolute atomic E-state index is 11.5. The van der Waals surface area contributed by atoms with Gasteiger partial charge in [0.2, 0.25) is 0 Å². The number of ketones is 1. The minimum absolute atomic E-state index is 0.143. The van der Waals surface area contributed by atoms with Gasteiger partial charge < -0.3 is 5.11 Å². The highest BCUT2D eigenvalue weighted by Gasteiger charge is 2.47. The van der Waals surface area contributed by atoms with Crippen LogP contribution in [0.3, 0.4) is 0 Å². The van der Waals surface area contributed by atoms with Crippen molar-refractivity contribution in [2.24, 2.45) is 11.8 Å². The van der Waals surface area contributed by atoms with Crippen LogP contribution in [0.4, 0.5) is 0 Å². The lowest BCUT2D eigenvalue weighted by molar-refractivity contribution is -0.122. The molecule has 19 heavy (non-hydrogen) atoms. The molecule has 0 aliphatic heterocycles. The molecular weight excluding hydrogens is 238 g/mol. The zero-order chi connectivity index (χ0) is 14.3. The van der Waals surface area contributed by atoms with Crippen LogP contribution in [-0.2, 0) is 4.79 Å². The molecule has 2 saturated carbocycles. The van der Waals surface area contributed by atoms with E-state index in [-0.39, 0.29) is 11.3 Å². The van der Waals surface area contributed by atoms with Crippen molar-refractivity contribution in [3.8, 4) is 0 Å². The fourth-order valence-corrected chi connectivity index (χ4v) is 4.81. The molecule has 0 heterocycles. The van der Waals surface area contributed by atoms with Gasteiger partial charge in [-0.2, -0.15) is 0 Å². The maximum Gasteiger partial charge on any atom is 0.143 e. The first-order chi connectivity index (χ1) is 8.74. The molecule has 0 amide bonds. The van der Waals surface area contributed by atoms with Crippen LogP contribution in [0.15, 0.2) is 0 Å². The van der Waals surface area contributed by atoms with Gasteiger partial charge in [0.1, 0.15) is 5.78 Å². The van der Waals surface area contributed by atoms with Gasteiger partial charge in [0, 0.05) is 5.54 Å². The molecule has 2 rings (SSSR count). The van der Waals surface area contributed by atoms with Gasteiger partial charge in [0.25, 0.3) is 0 Å². The van der Waals surface area contributed by atoms with E-state index in [1.165, 1.54) is 6.42 Å². The summed E-state index contributed by atoms with van der Waals surface area (Å²) in [6, 6.07) is 0. The van der Waals surface area contributed by atoms with Gasteiger partial charge in [0.15, 0.2) is 0 Å². The Labute approximate surface area is 117 Å². The van der Waals surface area contributed by atoms with Crippen molar-refractivity contribution in [1.29, 1.82) is 0 Å². The van der Waals surface area contributed by atoms with E-state index in [0.717, 1.165) is 32.2 Å². The number of aliphatic hydroxyl groups is 1. The molecule has 1 N–H and O–H groups in total. The number of rotatable bonds is 4. The molecule has 3 nitrogen and oxygen atoms in total. The normalized spacial score (nSPS) is 42.4. The Balaban J connectivity index is 2.11. The van der Waals surface area contributed by atoms with Crippen LogP contribution in [0.25, 0.3) is 0 Å². The van der Waals surface area contributed by atoms with E-state index in [9.17, 15) is 9.90 Å². The van der Waals surface area contributed by atoms with Crippen LogP contribution in [0, 0.1) is 11.8 Å². The topological polar surface area (TPSA) is 40.5 Å². The van der Waals surface area contributed by atoms with Crippen LogP contribution >= 0.6 is 0 Å². The second-order valence-electron chi connectivity index (χ2n) is 7.49. The van der Waals surface area contributed by atoms with Crippen molar-refractivity contribution in [2.45, 2.75) is 70.9 Å². The highest BCUT2D eigenvalue weighted by atomic mass is 16.3. The molecule has 0 aromatic rings. The van der Waals surface area contributed by atoms with Crippen molar-refractivity contribution in [3.63, 3.8) is 0 Å². The lowest BCUT2D eigenvalue weighted by atomic mass is 9.61. The SMILES string of the molecule is CCN(CC(C)=O)C1(C)CC2CC(CC(C)(O)C2)C1. The zero-order valence-electron chi connectivity index (χ0n) is 12.9. The standard InChI is InChI=1S/C16H29NO2/c1-5-17(11-12(2)18)15(3)7-13-6-14(8-15)10-16(4,19)9-13/h13-14,19H,5-11H2,1-4H3. The maximum atomic E-state index is 11.5. The first-order valence-corrected chi connectivity index (χ1v) is 7.71. The predicted molar refractivity (Wildman–Crippen MR) is 77.0 cm³/mol. The second-order valence-corrected chi connectivity index (χ2v) is 7.49. The molecular formula is C16H29NO2. The number of nitrogens with zero attached hydrogens (tertiary/aromatic N) is 1. The van der Waals surface area contributed by atoms with E-state index in [0.29, 0.717) is 18.4 Å². The van der Waals surface area contributed by atoms with Gasteiger partial charge in [-0.05, 0) is 71.3 Å². The van der Waals surface area contributed by atoms with Gasteiger partial charge in [-0.25, -0.2) is 0 Å². The van der Waals surface area contributed by atoms with Crippen LogP contribution in [0.1, 0.15) is 59.8 Å². The molecule has 110 valence electrons.